The summed E-state index contributed by atoms with van der Waals surface area (Å²) in [4.78, 5) is 30.5. The first kappa shape index (κ1) is 22.5. The topological polar surface area (TPSA) is 96.7 Å². The number of fused-ring (bicyclic) bond motifs is 1. The van der Waals surface area contributed by atoms with Crippen LogP contribution in [-0.4, -0.2) is 63.0 Å². The van der Waals surface area contributed by atoms with E-state index in [1.54, 1.807) is 44.6 Å². The summed E-state index contributed by atoms with van der Waals surface area (Å²) in [5, 5.41) is 13.8. The Morgan fingerprint density at radius 2 is 2.13 bits per heavy atom. The fourth-order valence-corrected chi connectivity index (χ4v) is 3.97. The van der Waals surface area contributed by atoms with Crippen molar-refractivity contribution in [1.82, 2.24) is 19.8 Å². The van der Waals surface area contributed by atoms with Crippen LogP contribution in [0.15, 0.2) is 23.1 Å². The first-order valence-electron chi connectivity index (χ1n) is 10.1. The summed E-state index contributed by atoms with van der Waals surface area (Å²) < 4.78 is 6.84. The molecule has 1 saturated heterocycles. The lowest BCUT2D eigenvalue weighted by molar-refractivity contribution is 0.0204. The van der Waals surface area contributed by atoms with Gasteiger partial charge in [-0.3, -0.25) is 9.78 Å². The smallest absolute Gasteiger partial charge is 0.407 e. The molecule has 0 aliphatic carbocycles. The molecule has 2 atom stereocenters. The van der Waals surface area contributed by atoms with Gasteiger partial charge in [0.25, 0.3) is 5.56 Å². The predicted molar refractivity (Wildman–Crippen MR) is 116 cm³/mol. The van der Waals surface area contributed by atoms with Gasteiger partial charge in [-0.05, 0) is 45.2 Å². The van der Waals surface area contributed by atoms with E-state index in [9.17, 15) is 14.7 Å². The van der Waals surface area contributed by atoms with Crippen LogP contribution in [0.1, 0.15) is 32.8 Å². The normalized spacial score (nSPS) is 20.3. The molecule has 2 aromatic rings. The molecule has 2 N–H and O–H groups in total. The zero-order valence-corrected chi connectivity index (χ0v) is 18.6. The maximum absolute atomic E-state index is 12.1. The molecule has 0 spiro atoms. The number of nitrogens with one attached hydrogen (secondary N) is 1. The van der Waals surface area contributed by atoms with Crippen molar-refractivity contribution in [2.45, 2.75) is 51.4 Å². The van der Waals surface area contributed by atoms with Crippen molar-refractivity contribution in [3.05, 3.63) is 39.3 Å². The lowest BCUT2D eigenvalue weighted by Crippen LogP contribution is -2.54. The Labute approximate surface area is 180 Å². The lowest BCUT2D eigenvalue weighted by Gasteiger charge is -2.36. The summed E-state index contributed by atoms with van der Waals surface area (Å²) in [6.45, 7) is 7.22. The molecule has 1 fully saturated rings. The number of ether oxygens (including phenoxy) is 1. The minimum Gasteiger partial charge on any atom is -0.444 e. The molecule has 0 saturated carbocycles. The van der Waals surface area contributed by atoms with Gasteiger partial charge in [0, 0.05) is 38.9 Å². The number of piperidine rings is 1. The van der Waals surface area contributed by atoms with E-state index in [-0.39, 0.29) is 11.6 Å². The third-order valence-corrected chi connectivity index (χ3v) is 5.56. The van der Waals surface area contributed by atoms with E-state index in [2.05, 4.69) is 15.2 Å². The van der Waals surface area contributed by atoms with Crippen LogP contribution in [0.2, 0.25) is 5.02 Å². The van der Waals surface area contributed by atoms with Gasteiger partial charge in [0.15, 0.2) is 0 Å². The number of alkyl carbamates (subject to hydrolysis) is 1. The summed E-state index contributed by atoms with van der Waals surface area (Å²) in [6, 6.07) is 2.85. The molecule has 0 bridgehead atoms. The standard InChI is InChI=1S/C21H29ClN4O4/c1-21(2,3)30-20(29)24-15-8-10-26(12-17(15)27)9-7-13-14(22)11-23-16-5-6-18(28)25(4)19(13)16/h5-6,11,15,17,27H,7-10,12H2,1-4H3,(H,24,29)/t15-,17+/m0/s1. The fraction of sp³-hybridized carbons (Fsp3) is 0.571. The zero-order chi connectivity index (χ0) is 22.1. The van der Waals surface area contributed by atoms with Crippen molar-refractivity contribution < 1.29 is 14.6 Å². The number of aryl methyl sites for hydroxylation is 1. The molecule has 0 aromatic carbocycles. The third-order valence-electron chi connectivity index (χ3n) is 5.23. The minimum atomic E-state index is -0.694. The number of amides is 1. The highest BCUT2D eigenvalue weighted by atomic mass is 35.5. The van der Waals surface area contributed by atoms with Crippen LogP contribution < -0.4 is 10.9 Å². The van der Waals surface area contributed by atoms with Crippen LogP contribution in [0, 0.1) is 0 Å². The van der Waals surface area contributed by atoms with E-state index < -0.39 is 17.8 Å². The maximum atomic E-state index is 12.1. The molecule has 1 amide bonds. The number of nitrogens with zero attached hydrogens (tertiary/aromatic N) is 3. The number of hydrogen-bond donors (Lipinski definition) is 2. The van der Waals surface area contributed by atoms with Gasteiger partial charge >= 0.3 is 6.09 Å². The maximum Gasteiger partial charge on any atom is 0.407 e. The van der Waals surface area contributed by atoms with Crippen LogP contribution in [-0.2, 0) is 18.2 Å². The first-order chi connectivity index (χ1) is 14.0. The number of aliphatic hydroxyl groups is 1. The number of halogens is 1. The number of carbonyl (C=O) groups is 1. The van der Waals surface area contributed by atoms with Crippen LogP contribution in [0.25, 0.3) is 11.0 Å². The van der Waals surface area contributed by atoms with Crippen molar-refractivity contribution in [1.29, 1.82) is 0 Å². The van der Waals surface area contributed by atoms with E-state index in [0.717, 1.165) is 23.1 Å². The summed E-state index contributed by atoms with van der Waals surface area (Å²) in [6.07, 6.45) is 1.63. The highest BCUT2D eigenvalue weighted by Gasteiger charge is 2.30. The Morgan fingerprint density at radius 1 is 1.40 bits per heavy atom. The van der Waals surface area contributed by atoms with Gasteiger partial charge in [0.1, 0.15) is 5.60 Å². The summed E-state index contributed by atoms with van der Waals surface area (Å²) >= 11 is 6.40. The van der Waals surface area contributed by atoms with Gasteiger partial charge in [-0.1, -0.05) is 11.6 Å². The number of pyridine rings is 2. The van der Waals surface area contributed by atoms with Crippen LogP contribution in [0.4, 0.5) is 4.79 Å². The molecule has 0 unspecified atom stereocenters. The second-order valence-electron chi connectivity index (χ2n) is 8.71. The molecule has 0 radical (unpaired) electrons. The molecule has 1 aliphatic rings. The SMILES string of the molecule is Cn1c(=O)ccc2ncc(Cl)c(CCN3CC[C@H](NC(=O)OC(C)(C)C)[C@H](O)C3)c21. The van der Waals surface area contributed by atoms with Gasteiger partial charge in [-0.15, -0.1) is 0 Å². The summed E-state index contributed by atoms with van der Waals surface area (Å²) in [5.74, 6) is 0. The molecule has 2 aromatic heterocycles. The summed E-state index contributed by atoms with van der Waals surface area (Å²) in [7, 11) is 1.71. The molecular formula is C21H29ClN4O4. The Hall–Kier alpha value is -2.16. The molecular weight excluding hydrogens is 408 g/mol. The van der Waals surface area contributed by atoms with E-state index in [1.165, 1.54) is 6.07 Å². The van der Waals surface area contributed by atoms with Gasteiger partial charge in [0.2, 0.25) is 0 Å². The lowest BCUT2D eigenvalue weighted by atomic mass is 10.0. The molecule has 30 heavy (non-hydrogen) atoms. The van der Waals surface area contributed by atoms with Gasteiger partial charge in [0.05, 0.1) is 28.2 Å². The van der Waals surface area contributed by atoms with Crippen molar-refractivity contribution in [2.75, 3.05) is 19.6 Å². The average molecular weight is 437 g/mol. The van der Waals surface area contributed by atoms with Gasteiger partial charge in [-0.2, -0.15) is 0 Å². The van der Waals surface area contributed by atoms with Crippen LogP contribution in [0.3, 0.4) is 0 Å². The van der Waals surface area contributed by atoms with E-state index in [0.29, 0.717) is 31.0 Å². The van der Waals surface area contributed by atoms with E-state index >= 15 is 0 Å². The Morgan fingerprint density at radius 3 is 2.80 bits per heavy atom. The average Bonchev–Trinajstić information content (AvgIpc) is 2.64. The number of rotatable bonds is 4. The molecule has 3 heterocycles. The van der Waals surface area contributed by atoms with Crippen molar-refractivity contribution in [2.24, 2.45) is 7.05 Å². The highest BCUT2D eigenvalue weighted by Crippen LogP contribution is 2.24. The number of likely N-dealkylation sites (tertiary alicyclic amines) is 1. The Kier molecular flexibility index (Phi) is 6.69. The largest absolute Gasteiger partial charge is 0.444 e. The fourth-order valence-electron chi connectivity index (χ4n) is 3.74. The third kappa shape index (κ3) is 5.30. The van der Waals surface area contributed by atoms with Crippen molar-refractivity contribution in [3.8, 4) is 0 Å². The Balaban J connectivity index is 1.64. The number of carbonyl (C=O) groups excluding carboxylic acids is 1. The van der Waals surface area contributed by atoms with E-state index in [4.69, 9.17) is 16.3 Å². The quantitative estimate of drug-likeness (QED) is 0.761. The monoisotopic (exact) mass is 436 g/mol. The second kappa shape index (κ2) is 8.91. The highest BCUT2D eigenvalue weighted by molar-refractivity contribution is 6.32. The zero-order valence-electron chi connectivity index (χ0n) is 17.8. The van der Waals surface area contributed by atoms with Crippen molar-refractivity contribution in [3.63, 3.8) is 0 Å². The van der Waals surface area contributed by atoms with Crippen LogP contribution >= 0.6 is 11.6 Å². The minimum absolute atomic E-state index is 0.114. The molecule has 1 aliphatic heterocycles. The molecule has 3 rings (SSSR count). The first-order valence-corrected chi connectivity index (χ1v) is 10.5. The van der Waals surface area contributed by atoms with Crippen molar-refractivity contribution >= 4 is 28.7 Å². The van der Waals surface area contributed by atoms with E-state index in [1.807, 2.05) is 0 Å². The number of hydrogen-bond acceptors (Lipinski definition) is 6. The van der Waals surface area contributed by atoms with Gasteiger partial charge < -0.3 is 24.6 Å². The van der Waals surface area contributed by atoms with Gasteiger partial charge in [-0.25, -0.2) is 4.79 Å². The molecule has 8 nitrogen and oxygen atoms in total. The Bertz CT molecular complexity index is 985. The second-order valence-corrected chi connectivity index (χ2v) is 9.12. The molecule has 164 valence electrons. The predicted octanol–water partition coefficient (Wildman–Crippen LogP) is 2.09. The molecule has 9 heteroatoms. The number of β-amino-alcohol motifs (C(OH)–C–C–N with tert-alkyl or cyclic N) is 1. The summed E-state index contributed by atoms with van der Waals surface area (Å²) in [5.41, 5.74) is 1.62. The number of aromatic nitrogens is 2. The number of aliphatic hydroxyl groups excluding tert-OH is 1. The van der Waals surface area contributed by atoms with Crippen LogP contribution in [0.5, 0.6) is 0 Å².